The third kappa shape index (κ3) is 2.89. The molecule has 3 heterocycles. The maximum atomic E-state index is 5.99. The van der Waals surface area contributed by atoms with Crippen LogP contribution in [0.2, 0.25) is 0 Å². The molecular formula is C17H30N2O. The van der Waals surface area contributed by atoms with Crippen LogP contribution in [-0.4, -0.2) is 43.2 Å². The summed E-state index contributed by atoms with van der Waals surface area (Å²) in [6, 6.07) is 2.09. The fourth-order valence-electron chi connectivity index (χ4n) is 4.32. The molecule has 3 rings (SSSR count). The Kier molecular flexibility index (Phi) is 4.67. The van der Waals surface area contributed by atoms with Crippen molar-refractivity contribution in [3.63, 3.8) is 0 Å². The van der Waals surface area contributed by atoms with Gasteiger partial charge in [0.2, 0.25) is 0 Å². The normalized spacial score (nSPS) is 35.5. The summed E-state index contributed by atoms with van der Waals surface area (Å²) < 4.78 is 5.99. The van der Waals surface area contributed by atoms with E-state index in [-0.39, 0.29) is 0 Å². The minimum absolute atomic E-state index is 0.465. The van der Waals surface area contributed by atoms with Gasteiger partial charge in [0.1, 0.15) is 5.76 Å². The van der Waals surface area contributed by atoms with Crippen LogP contribution in [-0.2, 0) is 4.74 Å². The summed E-state index contributed by atoms with van der Waals surface area (Å²) in [6.07, 6.45) is 11.4. The van der Waals surface area contributed by atoms with E-state index >= 15 is 0 Å². The van der Waals surface area contributed by atoms with Gasteiger partial charge in [0.05, 0.1) is 12.6 Å². The van der Waals surface area contributed by atoms with Crippen molar-refractivity contribution >= 4 is 0 Å². The Morgan fingerprint density at radius 3 is 2.70 bits per heavy atom. The minimum atomic E-state index is 0.465. The number of fused-ring (bicyclic) bond motifs is 2. The number of ether oxygens (including phenoxy) is 1. The number of nitrogens with one attached hydrogen (secondary N) is 1. The largest absolute Gasteiger partial charge is 0.497 e. The van der Waals surface area contributed by atoms with Crippen molar-refractivity contribution < 1.29 is 4.74 Å². The van der Waals surface area contributed by atoms with Crippen molar-refractivity contribution in [1.82, 2.24) is 10.2 Å². The first kappa shape index (κ1) is 14.4. The molecule has 0 aromatic carbocycles. The van der Waals surface area contributed by atoms with E-state index in [4.69, 9.17) is 4.74 Å². The highest BCUT2D eigenvalue weighted by Gasteiger charge is 2.42. The molecule has 0 spiro atoms. The molecule has 0 amide bonds. The van der Waals surface area contributed by atoms with Gasteiger partial charge >= 0.3 is 0 Å². The van der Waals surface area contributed by atoms with Crippen molar-refractivity contribution in [2.45, 2.75) is 70.0 Å². The summed E-state index contributed by atoms with van der Waals surface area (Å²) in [6.45, 7) is 4.27. The van der Waals surface area contributed by atoms with Crippen molar-refractivity contribution in [3.05, 3.63) is 11.8 Å². The van der Waals surface area contributed by atoms with Crippen LogP contribution in [0.4, 0.5) is 0 Å². The second-order valence-electron chi connectivity index (χ2n) is 6.81. The maximum absolute atomic E-state index is 5.99. The van der Waals surface area contributed by atoms with Gasteiger partial charge in [0.25, 0.3) is 0 Å². The highest BCUT2D eigenvalue weighted by Crippen LogP contribution is 2.40. The zero-order valence-corrected chi connectivity index (χ0v) is 13.1. The quantitative estimate of drug-likeness (QED) is 0.837. The molecule has 0 radical (unpaired) electrons. The van der Waals surface area contributed by atoms with Crippen LogP contribution < -0.4 is 5.32 Å². The van der Waals surface area contributed by atoms with Crippen molar-refractivity contribution in [2.75, 3.05) is 20.2 Å². The Morgan fingerprint density at radius 2 is 2.10 bits per heavy atom. The lowest BCUT2D eigenvalue weighted by Crippen LogP contribution is -2.48. The number of rotatable bonds is 5. The van der Waals surface area contributed by atoms with E-state index in [2.05, 4.69) is 30.3 Å². The van der Waals surface area contributed by atoms with E-state index in [1.807, 2.05) is 0 Å². The summed E-state index contributed by atoms with van der Waals surface area (Å²) in [7, 11) is 2.32. The zero-order chi connectivity index (χ0) is 13.9. The predicted octanol–water partition coefficient (Wildman–Crippen LogP) is 2.92. The fourth-order valence-corrected chi connectivity index (χ4v) is 4.32. The lowest BCUT2D eigenvalue weighted by Gasteiger charge is -2.41. The van der Waals surface area contributed by atoms with Crippen LogP contribution in [0.25, 0.3) is 0 Å². The third-order valence-corrected chi connectivity index (χ3v) is 5.49. The maximum Gasteiger partial charge on any atom is 0.109 e. The SMILES string of the molecule is CCCNC(C1=CCCCO1)C1CC2CCC(C1)N2C. The molecule has 0 aliphatic carbocycles. The lowest BCUT2D eigenvalue weighted by atomic mass is 9.83. The van der Waals surface area contributed by atoms with Crippen molar-refractivity contribution in [1.29, 1.82) is 0 Å². The first-order valence-electron chi connectivity index (χ1n) is 8.57. The summed E-state index contributed by atoms with van der Waals surface area (Å²) in [4.78, 5) is 2.63. The third-order valence-electron chi connectivity index (χ3n) is 5.49. The van der Waals surface area contributed by atoms with Gasteiger partial charge in [0, 0.05) is 12.1 Å². The average molecular weight is 278 g/mol. The van der Waals surface area contributed by atoms with E-state index in [1.165, 1.54) is 50.7 Å². The van der Waals surface area contributed by atoms with Crippen molar-refractivity contribution in [3.8, 4) is 0 Å². The molecule has 20 heavy (non-hydrogen) atoms. The van der Waals surface area contributed by atoms with Gasteiger partial charge in [0.15, 0.2) is 0 Å². The molecule has 3 aliphatic heterocycles. The van der Waals surface area contributed by atoms with Crippen LogP contribution in [0.1, 0.15) is 51.9 Å². The molecule has 3 aliphatic rings. The first-order valence-corrected chi connectivity index (χ1v) is 8.57. The van der Waals surface area contributed by atoms with Gasteiger partial charge in [-0.1, -0.05) is 6.92 Å². The topological polar surface area (TPSA) is 24.5 Å². The zero-order valence-electron chi connectivity index (χ0n) is 13.1. The van der Waals surface area contributed by atoms with Gasteiger partial charge < -0.3 is 15.0 Å². The van der Waals surface area contributed by atoms with E-state index in [1.54, 1.807) is 0 Å². The Hall–Kier alpha value is -0.540. The molecule has 0 aromatic rings. The first-order chi connectivity index (χ1) is 9.79. The summed E-state index contributed by atoms with van der Waals surface area (Å²) in [5.74, 6) is 2.01. The molecule has 2 saturated heterocycles. The fraction of sp³-hybridized carbons (Fsp3) is 0.882. The Labute approximate surface area is 123 Å². The second kappa shape index (κ2) is 6.48. The van der Waals surface area contributed by atoms with Crippen LogP contribution in [0, 0.1) is 5.92 Å². The van der Waals surface area contributed by atoms with E-state index in [0.29, 0.717) is 6.04 Å². The van der Waals surface area contributed by atoms with Gasteiger partial charge in [-0.3, -0.25) is 0 Å². The lowest BCUT2D eigenvalue weighted by molar-refractivity contribution is 0.0898. The summed E-state index contributed by atoms with van der Waals surface area (Å²) >= 11 is 0. The number of piperidine rings is 1. The number of hydrogen-bond acceptors (Lipinski definition) is 3. The van der Waals surface area contributed by atoms with Gasteiger partial charge in [-0.15, -0.1) is 0 Å². The molecule has 2 fully saturated rings. The predicted molar refractivity (Wildman–Crippen MR) is 82.6 cm³/mol. The highest BCUT2D eigenvalue weighted by molar-refractivity contribution is 5.10. The minimum Gasteiger partial charge on any atom is -0.497 e. The molecular weight excluding hydrogens is 248 g/mol. The van der Waals surface area contributed by atoms with Crippen LogP contribution in [0.3, 0.4) is 0 Å². The Bertz CT molecular complexity index is 341. The molecule has 3 atom stereocenters. The molecule has 114 valence electrons. The smallest absolute Gasteiger partial charge is 0.109 e. The Balaban J connectivity index is 1.70. The monoisotopic (exact) mass is 278 g/mol. The van der Waals surface area contributed by atoms with E-state index in [9.17, 15) is 0 Å². The molecule has 1 N–H and O–H groups in total. The molecule has 0 saturated carbocycles. The van der Waals surface area contributed by atoms with Gasteiger partial charge in [-0.25, -0.2) is 0 Å². The van der Waals surface area contributed by atoms with Crippen LogP contribution in [0.15, 0.2) is 11.8 Å². The van der Waals surface area contributed by atoms with Crippen LogP contribution >= 0.6 is 0 Å². The van der Waals surface area contributed by atoms with Crippen LogP contribution in [0.5, 0.6) is 0 Å². The summed E-state index contributed by atoms with van der Waals surface area (Å²) in [5.41, 5.74) is 0. The highest BCUT2D eigenvalue weighted by atomic mass is 16.5. The number of hydrogen-bond donors (Lipinski definition) is 1. The Morgan fingerprint density at radius 1 is 1.35 bits per heavy atom. The van der Waals surface area contributed by atoms with Crippen molar-refractivity contribution in [2.24, 2.45) is 5.92 Å². The van der Waals surface area contributed by atoms with Gasteiger partial charge in [-0.2, -0.15) is 0 Å². The molecule has 3 heteroatoms. The summed E-state index contributed by atoms with van der Waals surface area (Å²) in [5, 5.41) is 3.78. The van der Waals surface area contributed by atoms with E-state index < -0.39 is 0 Å². The van der Waals surface area contributed by atoms with E-state index in [0.717, 1.165) is 31.2 Å². The molecule has 3 unspecified atom stereocenters. The standard InChI is InChI=1S/C17H30N2O/c1-3-9-18-17(16-6-4-5-10-20-16)13-11-14-7-8-15(12-13)19(14)2/h6,13-15,17-18H,3-5,7-12H2,1-2H3. The molecule has 3 nitrogen and oxygen atoms in total. The van der Waals surface area contributed by atoms with Gasteiger partial charge in [-0.05, 0) is 70.5 Å². The second-order valence-corrected chi connectivity index (χ2v) is 6.81. The number of nitrogens with zero attached hydrogens (tertiary/aromatic N) is 1. The molecule has 2 bridgehead atoms. The number of allylic oxidation sites excluding steroid dienone is 1. The molecule has 0 aromatic heterocycles. The average Bonchev–Trinajstić information content (AvgIpc) is 2.70.